The monoisotopic (exact) mass is 1320 g/mol. The molecule has 0 saturated carbocycles. The molecule has 0 spiro atoms. The van der Waals surface area contributed by atoms with E-state index >= 15 is 0 Å². The molecule has 2 aromatic carbocycles. The van der Waals surface area contributed by atoms with Gasteiger partial charge in [-0.15, -0.1) is 23.5 Å². The Morgan fingerprint density at radius 1 is 0.589 bits per heavy atom. The first kappa shape index (κ1) is 68.9. The average Bonchev–Trinajstić information content (AvgIpc) is 1.65. The van der Waals surface area contributed by atoms with Crippen LogP contribution in [0.15, 0.2) is 107 Å². The Balaban J connectivity index is 0.701. The first-order valence-corrected chi connectivity index (χ1v) is 34.2. The molecule has 4 aliphatic rings. The summed E-state index contributed by atoms with van der Waals surface area (Å²) in [5.41, 5.74) is 0.890. The van der Waals surface area contributed by atoms with E-state index in [-0.39, 0.29) is 142 Å². The Hall–Kier alpha value is -7.02. The first-order chi connectivity index (χ1) is 42.7. The quantitative estimate of drug-likeness (QED) is 0.0670. The number of benzene rings is 2. The van der Waals surface area contributed by atoms with Crippen LogP contribution in [0.3, 0.4) is 0 Å². The number of pyridine rings is 2. The van der Waals surface area contributed by atoms with Crippen molar-refractivity contribution in [3.8, 4) is 11.5 Å². The highest BCUT2D eigenvalue weighted by Crippen LogP contribution is 2.44. The highest BCUT2D eigenvalue weighted by Gasteiger charge is 2.52. The topological polar surface area (TPSA) is 296 Å². The third-order valence-corrected chi connectivity index (χ3v) is 22.8. The number of hydrogen-bond donors (Lipinski definition) is 0. The van der Waals surface area contributed by atoms with Gasteiger partial charge < -0.3 is 43.3 Å². The Morgan fingerprint density at radius 3 is 1.36 bits per heavy atom. The van der Waals surface area contributed by atoms with Crippen molar-refractivity contribution in [1.29, 1.82) is 0 Å². The molecule has 4 amide bonds. The van der Waals surface area contributed by atoms with Gasteiger partial charge in [-0.25, -0.2) is 26.4 Å². The van der Waals surface area contributed by atoms with Crippen molar-refractivity contribution in [1.82, 2.24) is 38.2 Å². The molecule has 486 valence electrons. The largest absolute Gasteiger partial charge is 0.464 e. The number of Topliss-reactive ketones (excluding diaryl/α,β-unsaturated/α-hetero) is 2. The fourth-order valence-corrected chi connectivity index (χ4v) is 17.5. The van der Waals surface area contributed by atoms with E-state index in [4.69, 9.17) is 23.7 Å². The van der Waals surface area contributed by atoms with E-state index in [9.17, 15) is 55.2 Å². The number of sulfonamides is 2. The van der Waals surface area contributed by atoms with Crippen molar-refractivity contribution in [2.45, 2.75) is 124 Å². The van der Waals surface area contributed by atoms with Crippen molar-refractivity contribution < 1.29 is 78.9 Å². The summed E-state index contributed by atoms with van der Waals surface area (Å²) in [7, 11) is -8.11. The number of ether oxygens (including phenoxy) is 5. The number of piperazine rings is 2. The number of hydrogen-bond acceptors (Lipinski definition) is 21. The zero-order valence-electron chi connectivity index (χ0n) is 51.1. The SMILES string of the molecule is CC(C)(CCC(=O)N1CCN(C(=O)Oc2ccc(C[C@H](CC(=O)[C@H]3N(S(=O)(=O)c4cccnc4)CSC3(C)C)OC=O)cc2)CC1)COCC(=O)N1CCN(C(=O)Oc2ccc(C[C@H](CC(=O)[C@H]3N(S(=O)(=O)c4cccnc4)CSC3(C)C)OC=O)cc2)CC1. The molecule has 4 saturated heterocycles. The first-order valence-electron chi connectivity index (χ1n) is 29.3. The fourth-order valence-electron chi connectivity index (χ4n) is 11.1. The van der Waals surface area contributed by atoms with E-state index in [2.05, 4.69) is 9.97 Å². The number of rotatable bonds is 27. The number of ketones is 2. The molecule has 0 N–H and O–H groups in total. The van der Waals surface area contributed by atoms with Gasteiger partial charge in [-0.1, -0.05) is 38.1 Å². The molecule has 25 nitrogen and oxygen atoms in total. The predicted octanol–water partition coefficient (Wildman–Crippen LogP) is 5.46. The number of aromatic nitrogens is 2. The summed E-state index contributed by atoms with van der Waals surface area (Å²) in [6.45, 7) is 13.7. The number of carbonyl (C=O) groups is 8. The summed E-state index contributed by atoms with van der Waals surface area (Å²) in [6.07, 6.45) is 2.88. The van der Waals surface area contributed by atoms with Crippen molar-refractivity contribution in [3.05, 3.63) is 109 Å². The zero-order valence-corrected chi connectivity index (χ0v) is 54.3. The lowest BCUT2D eigenvalue weighted by atomic mass is 9.88. The van der Waals surface area contributed by atoms with Crippen LogP contribution < -0.4 is 9.47 Å². The maximum absolute atomic E-state index is 13.9. The van der Waals surface area contributed by atoms with Crippen LogP contribution in [0, 0.1) is 5.41 Å². The maximum Gasteiger partial charge on any atom is 0.415 e. The minimum absolute atomic E-state index is 0.0298. The number of amides is 4. The Labute approximate surface area is 532 Å². The van der Waals surface area contributed by atoms with Crippen molar-refractivity contribution in [2.24, 2.45) is 5.41 Å². The summed E-state index contributed by atoms with van der Waals surface area (Å²) in [5.74, 6) is -0.499. The highest BCUT2D eigenvalue weighted by atomic mass is 32.2. The molecule has 29 heteroatoms. The van der Waals surface area contributed by atoms with Gasteiger partial charge in [-0.3, -0.25) is 38.7 Å². The molecule has 4 atom stereocenters. The van der Waals surface area contributed by atoms with Crippen molar-refractivity contribution in [2.75, 3.05) is 77.3 Å². The number of thioether (sulfide) groups is 2. The normalized spacial score (nSPS) is 19.5. The second kappa shape index (κ2) is 29.9. The second-order valence-corrected chi connectivity index (χ2v) is 31.1. The molecule has 0 unspecified atom stereocenters. The molecule has 8 rings (SSSR count). The van der Waals surface area contributed by atoms with Crippen molar-refractivity contribution in [3.63, 3.8) is 0 Å². The van der Waals surface area contributed by atoms with Gasteiger partial charge in [0.1, 0.15) is 40.1 Å². The molecule has 0 radical (unpaired) electrons. The number of nitrogens with zero attached hydrogens (tertiary/aromatic N) is 8. The van der Waals surface area contributed by atoms with E-state index in [1.165, 1.54) is 91.0 Å². The standard InChI is InChI=1S/C61H76N8O17S4/c1-59(2,20-19-53(74)64-23-27-66(28-24-64)57(76)85-45-15-11-43(12-16-45)31-47(83-41-70)33-51(72)55-60(3,4)87-39-68(55)89(78,79)49-9-7-21-62-35-49)38-82-37-54(75)65-25-29-67(30-26-65)58(77)86-46-17-13-44(14-18-46)32-48(84-42-71)34-52(73)56-61(5,6)88-40-69(56)90(80,81)50-10-8-22-63-36-50/h7-18,21-22,35-36,41-42,47-48,55-56H,19-20,23-34,37-40H2,1-6H3/t47-,48-,55-,56-/m1/s1. The lowest BCUT2D eigenvalue weighted by molar-refractivity contribution is -0.139. The van der Waals surface area contributed by atoms with Crippen LogP contribution in [-0.4, -0.2) is 215 Å². The number of carbonyl (C=O) groups excluding carboxylic acids is 8. The zero-order chi connectivity index (χ0) is 65.0. The molecule has 0 bridgehead atoms. The minimum Gasteiger partial charge on any atom is -0.464 e. The lowest BCUT2D eigenvalue weighted by Crippen LogP contribution is -2.52. The van der Waals surface area contributed by atoms with Gasteiger partial charge in [-0.05, 0) is 99.2 Å². The Bertz CT molecular complexity index is 3420. The van der Waals surface area contributed by atoms with Crippen LogP contribution in [0.5, 0.6) is 11.5 Å². The average molecular weight is 1320 g/mol. The van der Waals surface area contributed by atoms with E-state index < -0.39 is 83.0 Å². The second-order valence-electron chi connectivity index (χ2n) is 24.1. The van der Waals surface area contributed by atoms with E-state index in [1.807, 2.05) is 13.8 Å². The van der Waals surface area contributed by atoms with Gasteiger partial charge in [0.15, 0.2) is 11.6 Å². The third-order valence-electron chi connectivity index (χ3n) is 16.2. The molecule has 0 aliphatic carbocycles. The fraction of sp³-hybridized carbons (Fsp3) is 0.508. The Kier molecular flexibility index (Phi) is 22.9. The van der Waals surface area contributed by atoms with Gasteiger partial charge in [0.05, 0.1) is 30.4 Å². The summed E-state index contributed by atoms with van der Waals surface area (Å²) in [6, 6.07) is 16.8. The van der Waals surface area contributed by atoms with Gasteiger partial charge >= 0.3 is 12.2 Å². The molecule has 4 aromatic rings. The molecule has 6 heterocycles. The van der Waals surface area contributed by atoms with Crippen LogP contribution >= 0.6 is 23.5 Å². The van der Waals surface area contributed by atoms with Gasteiger partial charge in [0.2, 0.25) is 31.9 Å². The van der Waals surface area contributed by atoms with Gasteiger partial charge in [-0.2, -0.15) is 8.61 Å². The van der Waals surface area contributed by atoms with Crippen molar-refractivity contribution >= 4 is 92.1 Å². The van der Waals surface area contributed by atoms with Gasteiger partial charge in [0.25, 0.3) is 12.9 Å². The van der Waals surface area contributed by atoms with Crippen LogP contribution in [0.25, 0.3) is 0 Å². The smallest absolute Gasteiger partial charge is 0.415 e. The van der Waals surface area contributed by atoms with E-state index in [0.29, 0.717) is 30.6 Å². The Morgan fingerprint density at radius 2 is 0.978 bits per heavy atom. The summed E-state index contributed by atoms with van der Waals surface area (Å²) >= 11 is 2.67. The van der Waals surface area contributed by atoms with Crippen LogP contribution in [0.1, 0.15) is 78.4 Å². The van der Waals surface area contributed by atoms with Crippen LogP contribution in [0.2, 0.25) is 0 Å². The van der Waals surface area contributed by atoms with E-state index in [0.717, 1.165) is 0 Å². The predicted molar refractivity (Wildman–Crippen MR) is 331 cm³/mol. The molecule has 2 aromatic heterocycles. The summed E-state index contributed by atoms with van der Waals surface area (Å²) in [4.78, 5) is 118. The molecular formula is C61H76N8O17S4. The third kappa shape index (κ3) is 17.5. The lowest BCUT2D eigenvalue weighted by Gasteiger charge is -2.35. The van der Waals surface area contributed by atoms with E-state index in [1.54, 1.807) is 86.0 Å². The molecular weight excluding hydrogens is 1240 g/mol. The van der Waals surface area contributed by atoms with Crippen LogP contribution in [0.4, 0.5) is 9.59 Å². The molecule has 4 aliphatic heterocycles. The van der Waals surface area contributed by atoms with Crippen LogP contribution in [-0.2, 0) is 75.9 Å². The minimum atomic E-state index is -4.05. The van der Waals surface area contributed by atoms with Gasteiger partial charge in [0, 0.05) is 119 Å². The maximum atomic E-state index is 13.9. The summed E-state index contributed by atoms with van der Waals surface area (Å²) in [5, 5.41) is 0. The highest BCUT2D eigenvalue weighted by molar-refractivity contribution is 8.02. The summed E-state index contributed by atoms with van der Waals surface area (Å²) < 4.78 is 82.9. The molecule has 4 fully saturated rings. The molecule has 90 heavy (non-hydrogen) atoms.